The summed E-state index contributed by atoms with van der Waals surface area (Å²) in [5.74, 6) is 0.725. The molecule has 0 radical (unpaired) electrons. The molecule has 0 atom stereocenters. The summed E-state index contributed by atoms with van der Waals surface area (Å²) in [6, 6.07) is 6.63. The predicted molar refractivity (Wildman–Crippen MR) is 99.1 cm³/mol. The number of nitrogens with one attached hydrogen (secondary N) is 1. The molecule has 1 aromatic carbocycles. The van der Waals surface area contributed by atoms with Crippen LogP contribution in [0, 0.1) is 0 Å². The Bertz CT molecular complexity index is 973. The van der Waals surface area contributed by atoms with Crippen LogP contribution in [0.25, 0.3) is 4.96 Å². The minimum atomic E-state index is -3.54. The summed E-state index contributed by atoms with van der Waals surface area (Å²) < 4.78 is 35.1. The Balaban J connectivity index is 1.35. The zero-order valence-electron chi connectivity index (χ0n) is 14.2. The molecule has 1 aliphatic rings. The van der Waals surface area contributed by atoms with E-state index in [0.717, 1.165) is 29.2 Å². The van der Waals surface area contributed by atoms with Gasteiger partial charge in [0.25, 0.3) is 0 Å². The van der Waals surface area contributed by atoms with E-state index in [0.29, 0.717) is 13.0 Å². The molecule has 0 spiro atoms. The molecule has 1 aliphatic carbocycles. The SMILES string of the molecule is O=S(=O)(NCCc1csc2ncnn12)c1ccc(OC2CCCC2)cc1. The molecule has 2 heterocycles. The van der Waals surface area contributed by atoms with Gasteiger partial charge in [0.2, 0.25) is 15.0 Å². The first-order valence-corrected chi connectivity index (χ1v) is 11.0. The average molecular weight is 393 g/mol. The highest BCUT2D eigenvalue weighted by Crippen LogP contribution is 2.25. The normalized spacial score (nSPS) is 15.7. The lowest BCUT2D eigenvalue weighted by atomic mass is 10.3. The van der Waals surface area contributed by atoms with E-state index in [1.165, 1.54) is 30.5 Å². The van der Waals surface area contributed by atoms with Gasteiger partial charge in [-0.3, -0.25) is 0 Å². The Hall–Kier alpha value is -1.97. The van der Waals surface area contributed by atoms with Crippen molar-refractivity contribution in [3.8, 4) is 5.75 Å². The topological polar surface area (TPSA) is 85.6 Å². The van der Waals surface area contributed by atoms with E-state index in [1.54, 1.807) is 28.8 Å². The number of nitrogens with zero attached hydrogens (tertiary/aromatic N) is 3. The fourth-order valence-corrected chi connectivity index (χ4v) is 5.00. The molecule has 0 unspecified atom stereocenters. The van der Waals surface area contributed by atoms with Crippen LogP contribution < -0.4 is 9.46 Å². The third-order valence-electron chi connectivity index (χ3n) is 4.50. The molecular weight excluding hydrogens is 372 g/mol. The number of fused-ring (bicyclic) bond motifs is 1. The monoisotopic (exact) mass is 392 g/mol. The molecule has 1 saturated carbocycles. The van der Waals surface area contributed by atoms with Crippen LogP contribution in [0.15, 0.2) is 40.9 Å². The lowest BCUT2D eigenvalue weighted by Crippen LogP contribution is -2.26. The van der Waals surface area contributed by atoms with E-state index in [1.807, 2.05) is 5.38 Å². The minimum Gasteiger partial charge on any atom is -0.490 e. The largest absolute Gasteiger partial charge is 0.490 e. The van der Waals surface area contributed by atoms with Gasteiger partial charge in [0.05, 0.1) is 16.7 Å². The summed E-state index contributed by atoms with van der Waals surface area (Å²) in [4.78, 5) is 5.16. The summed E-state index contributed by atoms with van der Waals surface area (Å²) in [6.07, 6.45) is 6.85. The summed E-state index contributed by atoms with van der Waals surface area (Å²) in [6.45, 7) is 0.300. The molecule has 0 aliphatic heterocycles. The molecule has 0 bridgehead atoms. The fourth-order valence-electron chi connectivity index (χ4n) is 3.14. The first kappa shape index (κ1) is 17.4. The highest BCUT2D eigenvalue weighted by Gasteiger charge is 2.18. The molecule has 0 amide bonds. The van der Waals surface area contributed by atoms with E-state index in [4.69, 9.17) is 4.74 Å². The molecule has 4 rings (SSSR count). The van der Waals surface area contributed by atoms with Crippen LogP contribution in [0.1, 0.15) is 31.4 Å². The number of aromatic nitrogens is 3. The van der Waals surface area contributed by atoms with Crippen molar-refractivity contribution in [2.75, 3.05) is 6.54 Å². The van der Waals surface area contributed by atoms with Crippen molar-refractivity contribution in [3.05, 3.63) is 41.7 Å². The molecule has 138 valence electrons. The predicted octanol–water partition coefficient (Wildman–Crippen LogP) is 2.63. The van der Waals surface area contributed by atoms with E-state index in [-0.39, 0.29) is 11.0 Å². The summed E-state index contributed by atoms with van der Waals surface area (Å²) in [7, 11) is -3.54. The second-order valence-electron chi connectivity index (χ2n) is 6.32. The van der Waals surface area contributed by atoms with Crippen LogP contribution in [0.2, 0.25) is 0 Å². The second-order valence-corrected chi connectivity index (χ2v) is 8.93. The third-order valence-corrected chi connectivity index (χ3v) is 6.86. The number of sulfonamides is 1. The van der Waals surface area contributed by atoms with E-state index < -0.39 is 10.0 Å². The molecule has 1 N–H and O–H groups in total. The van der Waals surface area contributed by atoms with Crippen molar-refractivity contribution in [2.45, 2.75) is 43.1 Å². The smallest absolute Gasteiger partial charge is 0.240 e. The van der Waals surface area contributed by atoms with Crippen molar-refractivity contribution < 1.29 is 13.2 Å². The van der Waals surface area contributed by atoms with E-state index in [9.17, 15) is 8.42 Å². The van der Waals surface area contributed by atoms with Crippen LogP contribution >= 0.6 is 11.3 Å². The molecule has 26 heavy (non-hydrogen) atoms. The number of rotatable bonds is 7. The van der Waals surface area contributed by atoms with Crippen molar-refractivity contribution in [2.24, 2.45) is 0 Å². The van der Waals surface area contributed by atoms with Crippen LogP contribution in [-0.2, 0) is 16.4 Å². The maximum atomic E-state index is 12.4. The number of thiazole rings is 1. The number of ether oxygens (including phenoxy) is 1. The molecule has 1 fully saturated rings. The first-order chi connectivity index (χ1) is 12.6. The Morgan fingerprint density at radius 1 is 1.23 bits per heavy atom. The Morgan fingerprint density at radius 2 is 2.00 bits per heavy atom. The maximum Gasteiger partial charge on any atom is 0.240 e. The lowest BCUT2D eigenvalue weighted by Gasteiger charge is -2.13. The highest BCUT2D eigenvalue weighted by molar-refractivity contribution is 7.89. The van der Waals surface area contributed by atoms with Gasteiger partial charge in [-0.15, -0.1) is 11.3 Å². The van der Waals surface area contributed by atoms with Crippen molar-refractivity contribution in [1.29, 1.82) is 0 Å². The van der Waals surface area contributed by atoms with Gasteiger partial charge in [-0.25, -0.2) is 22.6 Å². The van der Waals surface area contributed by atoms with Crippen LogP contribution in [-0.4, -0.2) is 35.7 Å². The zero-order valence-corrected chi connectivity index (χ0v) is 15.8. The van der Waals surface area contributed by atoms with Gasteiger partial charge in [-0.1, -0.05) is 0 Å². The second kappa shape index (κ2) is 7.34. The molecule has 2 aromatic heterocycles. The summed E-state index contributed by atoms with van der Waals surface area (Å²) in [5.41, 5.74) is 0.936. The standard InChI is InChI=1S/C17H20N4O3S2/c22-26(23,20-10-9-13-11-25-17-18-12-19-21(13)17)16-7-5-15(6-8-16)24-14-3-1-2-4-14/h5-8,11-12,14,20H,1-4,9-10H2. The molecular formula is C17H20N4O3S2. The lowest BCUT2D eigenvalue weighted by molar-refractivity contribution is 0.210. The highest BCUT2D eigenvalue weighted by atomic mass is 32.2. The minimum absolute atomic E-state index is 0.243. The first-order valence-electron chi connectivity index (χ1n) is 8.64. The van der Waals surface area contributed by atoms with Crippen molar-refractivity contribution >= 4 is 26.3 Å². The van der Waals surface area contributed by atoms with Gasteiger partial charge < -0.3 is 4.74 Å². The van der Waals surface area contributed by atoms with Crippen LogP contribution in [0.3, 0.4) is 0 Å². The van der Waals surface area contributed by atoms with Gasteiger partial charge in [-0.05, 0) is 49.9 Å². The molecule has 9 heteroatoms. The molecule has 7 nitrogen and oxygen atoms in total. The van der Waals surface area contributed by atoms with Gasteiger partial charge in [0.15, 0.2) is 0 Å². The molecule has 0 saturated heterocycles. The Labute approximate surface area is 156 Å². The quantitative estimate of drug-likeness (QED) is 0.668. The Kier molecular flexibility index (Phi) is 4.92. The number of benzene rings is 1. The maximum absolute atomic E-state index is 12.4. The van der Waals surface area contributed by atoms with Gasteiger partial charge in [-0.2, -0.15) is 5.10 Å². The average Bonchev–Trinajstić information content (AvgIpc) is 3.35. The van der Waals surface area contributed by atoms with E-state index in [2.05, 4.69) is 14.8 Å². The van der Waals surface area contributed by atoms with Gasteiger partial charge in [0.1, 0.15) is 12.1 Å². The fraction of sp³-hybridized carbons (Fsp3) is 0.412. The zero-order chi connectivity index (χ0) is 18.0. The van der Waals surface area contributed by atoms with Gasteiger partial charge >= 0.3 is 0 Å². The third kappa shape index (κ3) is 3.74. The van der Waals surface area contributed by atoms with Crippen LogP contribution in [0.4, 0.5) is 0 Å². The van der Waals surface area contributed by atoms with Gasteiger partial charge in [0, 0.05) is 18.3 Å². The van der Waals surface area contributed by atoms with Crippen molar-refractivity contribution in [1.82, 2.24) is 19.3 Å². The van der Waals surface area contributed by atoms with E-state index >= 15 is 0 Å². The molecule has 3 aromatic rings. The van der Waals surface area contributed by atoms with Crippen LogP contribution in [0.5, 0.6) is 5.75 Å². The number of hydrogen-bond acceptors (Lipinski definition) is 6. The Morgan fingerprint density at radius 3 is 2.77 bits per heavy atom. The summed E-state index contributed by atoms with van der Waals surface area (Å²) in [5, 5.41) is 6.07. The summed E-state index contributed by atoms with van der Waals surface area (Å²) >= 11 is 1.49. The van der Waals surface area contributed by atoms with Crippen molar-refractivity contribution in [3.63, 3.8) is 0 Å². The number of hydrogen-bond donors (Lipinski definition) is 1.